The molecular formula is C20H27ClN6O2S. The van der Waals surface area contributed by atoms with Crippen LogP contribution in [0.4, 0.5) is 11.6 Å². The molecule has 2 aromatic rings. The highest BCUT2D eigenvalue weighted by molar-refractivity contribution is 7.89. The molecule has 1 aromatic carbocycles. The van der Waals surface area contributed by atoms with Gasteiger partial charge in [-0.25, -0.2) is 18.4 Å². The number of rotatable bonds is 4. The summed E-state index contributed by atoms with van der Waals surface area (Å²) in [4.78, 5) is 16.1. The molecule has 0 spiro atoms. The molecule has 2 aliphatic heterocycles. The third-order valence-corrected chi connectivity index (χ3v) is 8.05. The first-order valence-electron chi connectivity index (χ1n) is 10.1. The van der Waals surface area contributed by atoms with Crippen LogP contribution in [0.3, 0.4) is 0 Å². The maximum atomic E-state index is 13.0. The maximum absolute atomic E-state index is 13.0. The summed E-state index contributed by atoms with van der Waals surface area (Å²) in [7, 11) is -1.48. The second-order valence-electron chi connectivity index (χ2n) is 7.74. The van der Waals surface area contributed by atoms with E-state index in [-0.39, 0.29) is 9.92 Å². The summed E-state index contributed by atoms with van der Waals surface area (Å²) in [5, 5.41) is 0.253. The number of hydrogen-bond donors (Lipinski definition) is 0. The van der Waals surface area contributed by atoms with Crippen molar-refractivity contribution in [1.82, 2.24) is 19.2 Å². The van der Waals surface area contributed by atoms with E-state index in [9.17, 15) is 8.42 Å². The van der Waals surface area contributed by atoms with Crippen molar-refractivity contribution in [2.75, 3.05) is 69.2 Å². The highest BCUT2D eigenvalue weighted by atomic mass is 35.5. The Hall–Kier alpha value is -1.94. The minimum Gasteiger partial charge on any atom is -0.354 e. The SMILES string of the molecule is Cc1nc(N2CCN(C)CC2)cc(N2CCN(S(=O)(=O)c3ccccc3Cl)CC2)n1. The summed E-state index contributed by atoms with van der Waals surface area (Å²) in [6.07, 6.45) is 0. The molecule has 30 heavy (non-hydrogen) atoms. The standard InChI is InChI=1S/C20H27ClN6O2S/c1-16-22-19(25-9-7-24(2)8-10-25)15-20(23-16)26-11-13-27(14-12-26)30(28,29)18-6-4-3-5-17(18)21/h3-6,15H,7-14H2,1-2H3. The van der Waals surface area contributed by atoms with Crippen LogP contribution in [-0.4, -0.2) is 87.0 Å². The fourth-order valence-corrected chi connectivity index (χ4v) is 5.76. The van der Waals surface area contributed by atoms with Crippen LogP contribution in [-0.2, 0) is 10.0 Å². The fraction of sp³-hybridized carbons (Fsp3) is 0.500. The van der Waals surface area contributed by atoms with E-state index in [1.807, 2.05) is 13.0 Å². The maximum Gasteiger partial charge on any atom is 0.244 e. The Morgan fingerprint density at radius 2 is 1.40 bits per heavy atom. The van der Waals surface area contributed by atoms with E-state index in [4.69, 9.17) is 11.6 Å². The molecule has 1 aromatic heterocycles. The topological polar surface area (TPSA) is 72.9 Å². The second kappa shape index (κ2) is 8.66. The summed E-state index contributed by atoms with van der Waals surface area (Å²) in [5.41, 5.74) is 0. The molecule has 10 heteroatoms. The molecule has 0 bridgehead atoms. The molecule has 0 amide bonds. The van der Waals surface area contributed by atoms with Gasteiger partial charge in [0.05, 0.1) is 5.02 Å². The minimum absolute atomic E-state index is 0.162. The van der Waals surface area contributed by atoms with E-state index in [1.165, 1.54) is 4.31 Å². The summed E-state index contributed by atoms with van der Waals surface area (Å²) < 4.78 is 27.5. The molecule has 2 saturated heterocycles. The van der Waals surface area contributed by atoms with Gasteiger partial charge in [-0.3, -0.25) is 0 Å². The van der Waals surface area contributed by atoms with Crippen LogP contribution in [0.5, 0.6) is 0 Å². The molecule has 0 atom stereocenters. The van der Waals surface area contributed by atoms with Crippen LogP contribution in [0.2, 0.25) is 5.02 Å². The third kappa shape index (κ3) is 4.39. The molecule has 0 radical (unpaired) electrons. The molecule has 2 fully saturated rings. The van der Waals surface area contributed by atoms with Crippen LogP contribution >= 0.6 is 11.6 Å². The molecule has 2 aliphatic rings. The lowest BCUT2D eigenvalue weighted by Crippen LogP contribution is -2.49. The zero-order valence-electron chi connectivity index (χ0n) is 17.3. The van der Waals surface area contributed by atoms with Gasteiger partial charge in [0.25, 0.3) is 0 Å². The Morgan fingerprint density at radius 1 is 0.867 bits per heavy atom. The minimum atomic E-state index is -3.61. The van der Waals surface area contributed by atoms with Crippen LogP contribution in [0.1, 0.15) is 5.82 Å². The van der Waals surface area contributed by atoms with Gasteiger partial charge in [-0.15, -0.1) is 0 Å². The Morgan fingerprint density at radius 3 is 1.97 bits per heavy atom. The average Bonchev–Trinajstić information content (AvgIpc) is 2.74. The molecular weight excluding hydrogens is 424 g/mol. The second-order valence-corrected chi connectivity index (χ2v) is 10.1. The molecule has 162 valence electrons. The molecule has 0 saturated carbocycles. The first kappa shape index (κ1) is 21.3. The number of likely N-dealkylation sites (N-methyl/N-ethyl adjacent to an activating group) is 1. The Bertz CT molecular complexity index is 1000. The molecule has 4 rings (SSSR count). The summed E-state index contributed by atoms with van der Waals surface area (Å²) >= 11 is 6.13. The van der Waals surface area contributed by atoms with Crippen LogP contribution in [0, 0.1) is 6.92 Å². The van der Waals surface area contributed by atoms with E-state index in [0.29, 0.717) is 26.2 Å². The normalized spacial score (nSPS) is 19.3. The lowest BCUT2D eigenvalue weighted by Gasteiger charge is -2.36. The zero-order chi connectivity index (χ0) is 21.3. The van der Waals surface area contributed by atoms with Crippen molar-refractivity contribution in [3.8, 4) is 0 Å². The van der Waals surface area contributed by atoms with Gasteiger partial charge in [0, 0.05) is 58.4 Å². The van der Waals surface area contributed by atoms with Crippen LogP contribution in [0.15, 0.2) is 35.2 Å². The van der Waals surface area contributed by atoms with E-state index in [1.54, 1.807) is 24.3 Å². The van der Waals surface area contributed by atoms with Gasteiger partial charge in [-0.2, -0.15) is 4.31 Å². The number of aromatic nitrogens is 2. The van der Waals surface area contributed by atoms with Gasteiger partial charge < -0.3 is 14.7 Å². The summed E-state index contributed by atoms with van der Waals surface area (Å²) in [6.45, 7) is 7.73. The van der Waals surface area contributed by atoms with E-state index < -0.39 is 10.0 Å². The number of benzene rings is 1. The van der Waals surface area contributed by atoms with Crippen molar-refractivity contribution in [3.63, 3.8) is 0 Å². The predicted molar refractivity (Wildman–Crippen MR) is 119 cm³/mol. The average molecular weight is 451 g/mol. The Kier molecular flexibility index (Phi) is 6.15. The molecule has 8 nitrogen and oxygen atoms in total. The lowest BCUT2D eigenvalue weighted by atomic mass is 10.3. The number of hydrogen-bond acceptors (Lipinski definition) is 7. The monoisotopic (exact) mass is 450 g/mol. The number of halogens is 1. The largest absolute Gasteiger partial charge is 0.354 e. The number of aryl methyl sites for hydroxylation is 1. The summed E-state index contributed by atoms with van der Waals surface area (Å²) in [6, 6.07) is 8.61. The first-order valence-corrected chi connectivity index (χ1v) is 12.0. The number of nitrogens with zero attached hydrogens (tertiary/aromatic N) is 6. The third-order valence-electron chi connectivity index (χ3n) is 5.66. The number of sulfonamides is 1. The van der Waals surface area contributed by atoms with Crippen molar-refractivity contribution >= 4 is 33.3 Å². The van der Waals surface area contributed by atoms with Crippen molar-refractivity contribution < 1.29 is 8.42 Å². The molecule has 0 N–H and O–H groups in total. The Balaban J connectivity index is 1.47. The molecule has 0 unspecified atom stereocenters. The van der Waals surface area contributed by atoms with Gasteiger partial charge in [-0.05, 0) is 26.1 Å². The molecule has 3 heterocycles. The predicted octanol–water partition coefficient (Wildman–Crippen LogP) is 1.70. The quantitative estimate of drug-likeness (QED) is 0.701. The van der Waals surface area contributed by atoms with Crippen molar-refractivity contribution in [2.45, 2.75) is 11.8 Å². The van der Waals surface area contributed by atoms with Gasteiger partial charge >= 0.3 is 0 Å². The van der Waals surface area contributed by atoms with E-state index >= 15 is 0 Å². The van der Waals surface area contributed by atoms with E-state index in [2.05, 4.69) is 31.7 Å². The zero-order valence-corrected chi connectivity index (χ0v) is 18.9. The molecule has 0 aliphatic carbocycles. The summed E-state index contributed by atoms with van der Waals surface area (Å²) in [5.74, 6) is 2.52. The highest BCUT2D eigenvalue weighted by Gasteiger charge is 2.30. The van der Waals surface area contributed by atoms with Crippen molar-refractivity contribution in [1.29, 1.82) is 0 Å². The highest BCUT2D eigenvalue weighted by Crippen LogP contribution is 2.27. The number of piperazine rings is 2. The van der Waals surface area contributed by atoms with Gasteiger partial charge in [0.15, 0.2) is 0 Å². The van der Waals surface area contributed by atoms with Crippen LogP contribution < -0.4 is 9.80 Å². The number of anilines is 2. The lowest BCUT2D eigenvalue weighted by molar-refractivity contribution is 0.312. The van der Waals surface area contributed by atoms with Crippen molar-refractivity contribution in [3.05, 3.63) is 41.2 Å². The smallest absolute Gasteiger partial charge is 0.244 e. The van der Waals surface area contributed by atoms with Crippen molar-refractivity contribution in [2.24, 2.45) is 0 Å². The van der Waals surface area contributed by atoms with Gasteiger partial charge in [0.1, 0.15) is 22.4 Å². The van der Waals surface area contributed by atoms with Crippen LogP contribution in [0.25, 0.3) is 0 Å². The Labute approximate surface area is 183 Å². The van der Waals surface area contributed by atoms with Gasteiger partial charge in [0.2, 0.25) is 10.0 Å². The van der Waals surface area contributed by atoms with E-state index in [0.717, 1.165) is 43.6 Å². The van der Waals surface area contributed by atoms with Gasteiger partial charge in [-0.1, -0.05) is 23.7 Å². The first-order chi connectivity index (χ1) is 14.3. The fourth-order valence-electron chi connectivity index (χ4n) is 3.85.